The maximum Gasteiger partial charge on any atom is 0.253 e. The average Bonchev–Trinajstić information content (AvgIpc) is 3.09. The van der Waals surface area contributed by atoms with Crippen LogP contribution in [0.15, 0.2) is 11.8 Å². The molecule has 1 aromatic heterocycles. The van der Waals surface area contributed by atoms with Gasteiger partial charge in [0.2, 0.25) is 0 Å². The molecule has 4 nitrogen and oxygen atoms in total. The first-order chi connectivity index (χ1) is 9.65. The fourth-order valence-electron chi connectivity index (χ4n) is 2.78. The maximum absolute atomic E-state index is 12.4. The van der Waals surface area contributed by atoms with Crippen molar-refractivity contribution in [1.82, 2.24) is 9.88 Å². The zero-order chi connectivity index (χ0) is 14.1. The van der Waals surface area contributed by atoms with Crippen LogP contribution in [0.2, 0.25) is 0 Å². The van der Waals surface area contributed by atoms with E-state index in [1.807, 2.05) is 4.90 Å². The second kappa shape index (κ2) is 5.56. The van der Waals surface area contributed by atoms with Crippen LogP contribution in [-0.4, -0.2) is 35.5 Å². The van der Waals surface area contributed by atoms with E-state index >= 15 is 0 Å². The van der Waals surface area contributed by atoms with Crippen molar-refractivity contribution in [2.75, 3.05) is 19.7 Å². The Balaban J connectivity index is 1.71. The molecule has 1 amide bonds. The molecule has 0 saturated carbocycles. The standard InChI is InChI=1S/C15H20N2O2S/c1-10-11(2)20-14(16-10)12-4-3-6-17(8-12)15(18)13-5-7-19-9-13/h9,12H,3-8H2,1-2H3/t12-/m1/s1. The van der Waals surface area contributed by atoms with Gasteiger partial charge in [0.15, 0.2) is 0 Å². The van der Waals surface area contributed by atoms with Crippen LogP contribution in [0.4, 0.5) is 0 Å². The van der Waals surface area contributed by atoms with Crippen molar-refractivity contribution in [2.45, 2.75) is 39.0 Å². The zero-order valence-electron chi connectivity index (χ0n) is 12.0. The summed E-state index contributed by atoms with van der Waals surface area (Å²) in [5, 5.41) is 1.19. The molecule has 1 saturated heterocycles. The van der Waals surface area contributed by atoms with Gasteiger partial charge in [-0.05, 0) is 26.7 Å². The van der Waals surface area contributed by atoms with E-state index in [4.69, 9.17) is 4.74 Å². The van der Waals surface area contributed by atoms with Gasteiger partial charge in [0, 0.05) is 30.3 Å². The predicted octanol–water partition coefficient (Wildman–Crippen LogP) is 2.77. The number of likely N-dealkylation sites (tertiary alicyclic amines) is 1. The third-order valence-electron chi connectivity index (χ3n) is 4.09. The SMILES string of the molecule is Cc1nc([C@@H]2CCCN(C(=O)C3=COCC3)C2)sc1C. The third kappa shape index (κ3) is 2.59. The van der Waals surface area contributed by atoms with Gasteiger partial charge < -0.3 is 9.64 Å². The summed E-state index contributed by atoms with van der Waals surface area (Å²) in [6.45, 7) is 6.46. The smallest absolute Gasteiger partial charge is 0.253 e. The molecule has 3 rings (SSSR count). The Hall–Kier alpha value is -1.36. The number of aromatic nitrogens is 1. The number of nitrogens with zero attached hydrogens (tertiary/aromatic N) is 2. The first-order valence-corrected chi connectivity index (χ1v) is 8.00. The van der Waals surface area contributed by atoms with Gasteiger partial charge in [0.25, 0.3) is 5.91 Å². The normalized spacial score (nSPS) is 22.6. The van der Waals surface area contributed by atoms with Gasteiger partial charge in [0.05, 0.1) is 29.1 Å². The third-order valence-corrected chi connectivity index (χ3v) is 5.33. The van der Waals surface area contributed by atoms with Crippen molar-refractivity contribution < 1.29 is 9.53 Å². The van der Waals surface area contributed by atoms with E-state index in [0.717, 1.165) is 43.6 Å². The molecule has 0 aromatic carbocycles. The molecule has 1 aromatic rings. The van der Waals surface area contributed by atoms with Crippen molar-refractivity contribution in [1.29, 1.82) is 0 Å². The lowest BCUT2D eigenvalue weighted by Gasteiger charge is -2.32. The molecule has 5 heteroatoms. The van der Waals surface area contributed by atoms with Gasteiger partial charge in [0.1, 0.15) is 0 Å². The lowest BCUT2D eigenvalue weighted by Crippen LogP contribution is -2.39. The lowest BCUT2D eigenvalue weighted by atomic mass is 9.98. The molecule has 1 atom stereocenters. The number of rotatable bonds is 2. The second-order valence-corrected chi connectivity index (χ2v) is 6.78. The van der Waals surface area contributed by atoms with Crippen LogP contribution in [0.25, 0.3) is 0 Å². The highest BCUT2D eigenvalue weighted by Crippen LogP contribution is 2.32. The number of hydrogen-bond donors (Lipinski definition) is 0. The number of carbonyl (C=O) groups is 1. The summed E-state index contributed by atoms with van der Waals surface area (Å²) < 4.78 is 5.18. The van der Waals surface area contributed by atoms with E-state index in [2.05, 4.69) is 18.8 Å². The molecular weight excluding hydrogens is 272 g/mol. The molecule has 0 radical (unpaired) electrons. The van der Waals surface area contributed by atoms with Crippen molar-refractivity contribution in [3.05, 3.63) is 27.4 Å². The fourth-order valence-corrected chi connectivity index (χ4v) is 3.83. The molecule has 0 bridgehead atoms. The summed E-state index contributed by atoms with van der Waals surface area (Å²) in [5.41, 5.74) is 1.94. The molecular formula is C15H20N2O2S. The van der Waals surface area contributed by atoms with Gasteiger partial charge in [-0.15, -0.1) is 11.3 Å². The molecule has 0 N–H and O–H groups in total. The predicted molar refractivity (Wildman–Crippen MR) is 78.8 cm³/mol. The molecule has 20 heavy (non-hydrogen) atoms. The van der Waals surface area contributed by atoms with Crippen LogP contribution in [0.5, 0.6) is 0 Å². The first-order valence-electron chi connectivity index (χ1n) is 7.19. The molecule has 1 fully saturated rings. The molecule has 3 heterocycles. The Labute approximate surface area is 123 Å². The number of hydrogen-bond acceptors (Lipinski definition) is 4. The number of piperidine rings is 1. The van der Waals surface area contributed by atoms with Crippen molar-refractivity contribution in [3.8, 4) is 0 Å². The number of amides is 1. The average molecular weight is 292 g/mol. The number of thiazole rings is 1. The first kappa shape index (κ1) is 13.6. The van der Waals surface area contributed by atoms with E-state index in [-0.39, 0.29) is 5.91 Å². The summed E-state index contributed by atoms with van der Waals surface area (Å²) in [4.78, 5) is 20.3. The van der Waals surface area contributed by atoms with Gasteiger partial charge >= 0.3 is 0 Å². The summed E-state index contributed by atoms with van der Waals surface area (Å²) in [6.07, 6.45) is 4.56. The minimum Gasteiger partial charge on any atom is -0.500 e. The van der Waals surface area contributed by atoms with E-state index in [0.29, 0.717) is 12.5 Å². The summed E-state index contributed by atoms with van der Waals surface area (Å²) in [7, 11) is 0. The largest absolute Gasteiger partial charge is 0.500 e. The lowest BCUT2D eigenvalue weighted by molar-refractivity contribution is -0.128. The maximum atomic E-state index is 12.4. The summed E-state index contributed by atoms with van der Waals surface area (Å²) in [5.74, 6) is 0.547. The molecule has 2 aliphatic heterocycles. The Bertz CT molecular complexity index is 531. The number of carbonyl (C=O) groups excluding carboxylic acids is 1. The molecule has 0 unspecified atom stereocenters. The van der Waals surface area contributed by atoms with Crippen molar-refractivity contribution in [3.63, 3.8) is 0 Å². The zero-order valence-corrected chi connectivity index (χ0v) is 12.8. The fraction of sp³-hybridized carbons (Fsp3) is 0.600. The summed E-state index contributed by atoms with van der Waals surface area (Å²) in [6, 6.07) is 0. The Morgan fingerprint density at radius 3 is 3.00 bits per heavy atom. The Morgan fingerprint density at radius 1 is 1.50 bits per heavy atom. The van der Waals surface area contributed by atoms with Crippen LogP contribution < -0.4 is 0 Å². The molecule has 0 aliphatic carbocycles. The van der Waals surface area contributed by atoms with E-state index < -0.39 is 0 Å². The Morgan fingerprint density at radius 2 is 2.35 bits per heavy atom. The minimum absolute atomic E-state index is 0.150. The van der Waals surface area contributed by atoms with Crippen LogP contribution in [0.3, 0.4) is 0 Å². The monoisotopic (exact) mass is 292 g/mol. The highest BCUT2D eigenvalue weighted by atomic mass is 32.1. The van der Waals surface area contributed by atoms with Crippen LogP contribution in [-0.2, 0) is 9.53 Å². The van der Waals surface area contributed by atoms with Gasteiger partial charge in [-0.3, -0.25) is 4.79 Å². The second-order valence-electron chi connectivity index (χ2n) is 5.55. The number of aryl methyl sites for hydroxylation is 2. The molecule has 0 spiro atoms. The van der Waals surface area contributed by atoms with Gasteiger partial charge in [-0.1, -0.05) is 0 Å². The highest BCUT2D eigenvalue weighted by molar-refractivity contribution is 7.11. The van der Waals surface area contributed by atoms with Crippen molar-refractivity contribution in [2.24, 2.45) is 0 Å². The Kier molecular flexibility index (Phi) is 3.78. The van der Waals surface area contributed by atoms with Crippen molar-refractivity contribution >= 4 is 17.2 Å². The quantitative estimate of drug-likeness (QED) is 0.842. The molecule has 108 valence electrons. The van der Waals surface area contributed by atoms with E-state index in [1.165, 1.54) is 9.88 Å². The topological polar surface area (TPSA) is 42.4 Å². The molecule has 2 aliphatic rings. The van der Waals surface area contributed by atoms with Gasteiger partial charge in [-0.2, -0.15) is 0 Å². The van der Waals surface area contributed by atoms with E-state index in [1.54, 1.807) is 17.6 Å². The van der Waals surface area contributed by atoms with E-state index in [9.17, 15) is 4.79 Å². The summed E-state index contributed by atoms with van der Waals surface area (Å²) >= 11 is 1.78. The highest BCUT2D eigenvalue weighted by Gasteiger charge is 2.29. The minimum atomic E-state index is 0.150. The van der Waals surface area contributed by atoms with Gasteiger partial charge in [-0.25, -0.2) is 4.98 Å². The van der Waals surface area contributed by atoms with Crippen LogP contribution in [0, 0.1) is 13.8 Å². The van der Waals surface area contributed by atoms with Crippen LogP contribution in [0.1, 0.15) is 40.8 Å². The van der Waals surface area contributed by atoms with Crippen LogP contribution >= 0.6 is 11.3 Å². The number of ether oxygens (including phenoxy) is 1.